The van der Waals surface area contributed by atoms with E-state index in [1.54, 1.807) is 0 Å². The molecule has 1 aromatic carbocycles. The van der Waals surface area contributed by atoms with Crippen molar-refractivity contribution in [2.75, 3.05) is 33.7 Å². The second-order valence-corrected chi connectivity index (χ2v) is 7.68. The fourth-order valence-corrected chi connectivity index (χ4v) is 2.49. The highest BCUT2D eigenvalue weighted by Gasteiger charge is 2.15. The number of nitrogens with one attached hydrogen (secondary N) is 3. The Balaban J connectivity index is 2.63. The molecule has 3 N–H and O–H groups in total. The largest absolute Gasteiger partial charge is 0.357 e. The highest BCUT2D eigenvalue weighted by Crippen LogP contribution is 2.06. The molecule has 0 saturated heterocycles. The number of hydrogen-bond acceptors (Lipinski definition) is 3. The van der Waals surface area contributed by atoms with Gasteiger partial charge in [0.15, 0.2) is 5.96 Å². The van der Waals surface area contributed by atoms with Gasteiger partial charge in [0.2, 0.25) is 5.91 Å². The molecule has 0 fully saturated rings. The number of carbonyl (C=O) groups excluding carboxylic acids is 1. The molecular formula is C20H35N5O. The molecule has 0 aliphatic carbocycles. The first-order valence-corrected chi connectivity index (χ1v) is 9.25. The summed E-state index contributed by atoms with van der Waals surface area (Å²) in [5.41, 5.74) is 1.06. The molecule has 6 heteroatoms. The second kappa shape index (κ2) is 10.8. The van der Waals surface area contributed by atoms with E-state index in [9.17, 15) is 4.79 Å². The van der Waals surface area contributed by atoms with Crippen LogP contribution in [0.1, 0.15) is 33.3 Å². The Labute approximate surface area is 158 Å². The fraction of sp³-hybridized carbons (Fsp3) is 0.600. The number of benzene rings is 1. The van der Waals surface area contributed by atoms with E-state index in [0.29, 0.717) is 12.0 Å². The SMILES string of the molecule is CCNC(=NCC(=O)NC(C)(C)C)NCC(Cc1ccccc1)N(C)C. The minimum Gasteiger partial charge on any atom is -0.357 e. The average Bonchev–Trinajstić information content (AvgIpc) is 2.55. The number of aliphatic imine (C=N–C) groups is 1. The van der Waals surface area contributed by atoms with Crippen LogP contribution in [0.5, 0.6) is 0 Å². The van der Waals surface area contributed by atoms with Crippen molar-refractivity contribution in [1.82, 2.24) is 20.9 Å². The molecule has 0 aromatic heterocycles. The van der Waals surface area contributed by atoms with E-state index in [-0.39, 0.29) is 18.0 Å². The Morgan fingerprint density at radius 2 is 1.81 bits per heavy atom. The normalized spacial score (nSPS) is 13.4. The molecule has 0 bridgehead atoms. The third kappa shape index (κ3) is 9.42. The summed E-state index contributed by atoms with van der Waals surface area (Å²) in [4.78, 5) is 18.6. The highest BCUT2D eigenvalue weighted by atomic mass is 16.2. The summed E-state index contributed by atoms with van der Waals surface area (Å²) < 4.78 is 0. The Morgan fingerprint density at radius 3 is 2.35 bits per heavy atom. The molecule has 0 saturated carbocycles. The maximum Gasteiger partial charge on any atom is 0.242 e. The van der Waals surface area contributed by atoms with Crippen molar-refractivity contribution in [2.45, 2.75) is 45.7 Å². The summed E-state index contributed by atoms with van der Waals surface area (Å²) in [6.07, 6.45) is 0.949. The zero-order chi connectivity index (χ0) is 19.6. The molecule has 26 heavy (non-hydrogen) atoms. The van der Waals surface area contributed by atoms with Gasteiger partial charge < -0.3 is 20.9 Å². The topological polar surface area (TPSA) is 68.8 Å². The van der Waals surface area contributed by atoms with Gasteiger partial charge in [-0.3, -0.25) is 4.79 Å². The molecule has 1 aromatic rings. The minimum atomic E-state index is -0.246. The van der Waals surface area contributed by atoms with Crippen LogP contribution in [-0.4, -0.2) is 62.1 Å². The summed E-state index contributed by atoms with van der Waals surface area (Å²) in [5.74, 6) is 0.583. The Bertz CT molecular complexity index is 563. The molecule has 0 heterocycles. The zero-order valence-electron chi connectivity index (χ0n) is 17.1. The number of nitrogens with zero attached hydrogens (tertiary/aromatic N) is 2. The Hall–Kier alpha value is -2.08. The van der Waals surface area contributed by atoms with Gasteiger partial charge >= 0.3 is 0 Å². The lowest BCUT2D eigenvalue weighted by Crippen LogP contribution is -2.47. The molecule has 146 valence electrons. The van der Waals surface area contributed by atoms with Crippen LogP contribution in [0, 0.1) is 0 Å². The van der Waals surface area contributed by atoms with Gasteiger partial charge in [0.1, 0.15) is 6.54 Å². The number of hydrogen-bond donors (Lipinski definition) is 3. The summed E-state index contributed by atoms with van der Waals surface area (Å²) in [6, 6.07) is 10.8. The minimum absolute atomic E-state index is 0.0804. The molecule has 1 amide bonds. The third-order valence-corrected chi connectivity index (χ3v) is 3.79. The van der Waals surface area contributed by atoms with E-state index in [1.165, 1.54) is 5.56 Å². The van der Waals surface area contributed by atoms with Gasteiger partial charge in [-0.2, -0.15) is 0 Å². The van der Waals surface area contributed by atoms with Crippen LogP contribution >= 0.6 is 0 Å². The predicted octanol–water partition coefficient (Wildman–Crippen LogP) is 1.63. The average molecular weight is 362 g/mol. The lowest BCUT2D eigenvalue weighted by Gasteiger charge is -2.26. The maximum atomic E-state index is 12.0. The van der Waals surface area contributed by atoms with E-state index in [4.69, 9.17) is 0 Å². The van der Waals surface area contributed by atoms with Gasteiger partial charge in [-0.1, -0.05) is 30.3 Å². The van der Waals surface area contributed by atoms with Crippen LogP contribution < -0.4 is 16.0 Å². The molecule has 0 aliphatic rings. The van der Waals surface area contributed by atoms with Crippen LogP contribution in [0.2, 0.25) is 0 Å². The van der Waals surface area contributed by atoms with Crippen LogP contribution in [0.4, 0.5) is 0 Å². The van der Waals surface area contributed by atoms with E-state index in [1.807, 2.05) is 33.8 Å². The van der Waals surface area contributed by atoms with Crippen LogP contribution in [0.25, 0.3) is 0 Å². The fourth-order valence-electron chi connectivity index (χ4n) is 2.49. The van der Waals surface area contributed by atoms with Crippen molar-refractivity contribution in [2.24, 2.45) is 4.99 Å². The van der Waals surface area contributed by atoms with E-state index < -0.39 is 0 Å². The molecule has 0 aliphatic heterocycles. The first-order chi connectivity index (χ1) is 12.2. The van der Waals surface area contributed by atoms with E-state index >= 15 is 0 Å². The van der Waals surface area contributed by atoms with Crippen molar-refractivity contribution in [1.29, 1.82) is 0 Å². The zero-order valence-corrected chi connectivity index (χ0v) is 17.1. The van der Waals surface area contributed by atoms with Crippen LogP contribution in [-0.2, 0) is 11.2 Å². The summed E-state index contributed by atoms with van der Waals surface area (Å²) in [7, 11) is 4.16. The highest BCUT2D eigenvalue weighted by molar-refractivity contribution is 5.85. The van der Waals surface area contributed by atoms with Gasteiger partial charge in [-0.25, -0.2) is 4.99 Å². The molecule has 0 spiro atoms. The summed E-state index contributed by atoms with van der Waals surface area (Å²) in [6.45, 7) is 9.50. The number of carbonyl (C=O) groups is 1. The Kier molecular flexibility index (Phi) is 9.13. The third-order valence-electron chi connectivity index (χ3n) is 3.79. The van der Waals surface area contributed by atoms with E-state index in [0.717, 1.165) is 19.5 Å². The van der Waals surface area contributed by atoms with Crippen molar-refractivity contribution in [3.8, 4) is 0 Å². The molecular weight excluding hydrogens is 326 g/mol. The monoisotopic (exact) mass is 361 g/mol. The summed E-state index contributed by atoms with van der Waals surface area (Å²) in [5, 5.41) is 9.48. The van der Waals surface area contributed by atoms with Crippen LogP contribution in [0.3, 0.4) is 0 Å². The first kappa shape index (κ1) is 22.0. The van der Waals surface area contributed by atoms with Gasteiger partial charge in [0.05, 0.1) is 0 Å². The van der Waals surface area contributed by atoms with Crippen molar-refractivity contribution >= 4 is 11.9 Å². The van der Waals surface area contributed by atoms with Crippen molar-refractivity contribution < 1.29 is 4.79 Å². The number of guanidine groups is 1. The number of rotatable bonds is 8. The molecule has 1 unspecified atom stereocenters. The number of amides is 1. The quantitative estimate of drug-likeness (QED) is 0.486. The molecule has 6 nitrogen and oxygen atoms in total. The molecule has 1 rings (SSSR count). The standard InChI is InChI=1S/C20H35N5O/c1-7-21-19(23-15-18(26)24-20(2,3)4)22-14-17(25(5)6)13-16-11-9-8-10-12-16/h8-12,17H,7,13-15H2,1-6H3,(H,24,26)(H2,21,22,23). The lowest BCUT2D eigenvalue weighted by molar-refractivity contribution is -0.121. The van der Waals surface area contributed by atoms with Crippen molar-refractivity contribution in [3.05, 3.63) is 35.9 Å². The second-order valence-electron chi connectivity index (χ2n) is 7.68. The Morgan fingerprint density at radius 1 is 1.15 bits per heavy atom. The van der Waals surface area contributed by atoms with Gasteiger partial charge in [-0.05, 0) is 53.8 Å². The van der Waals surface area contributed by atoms with Crippen LogP contribution in [0.15, 0.2) is 35.3 Å². The first-order valence-electron chi connectivity index (χ1n) is 9.25. The number of likely N-dealkylation sites (N-methyl/N-ethyl adjacent to an activating group) is 1. The van der Waals surface area contributed by atoms with E-state index in [2.05, 4.69) is 64.2 Å². The van der Waals surface area contributed by atoms with Gasteiger partial charge in [0.25, 0.3) is 0 Å². The predicted molar refractivity (Wildman–Crippen MR) is 109 cm³/mol. The molecule has 0 radical (unpaired) electrons. The lowest BCUT2D eigenvalue weighted by atomic mass is 10.1. The van der Waals surface area contributed by atoms with Crippen molar-refractivity contribution in [3.63, 3.8) is 0 Å². The molecule has 1 atom stereocenters. The maximum absolute atomic E-state index is 12.0. The van der Waals surface area contributed by atoms with Gasteiger partial charge in [0, 0.05) is 24.7 Å². The van der Waals surface area contributed by atoms with Gasteiger partial charge in [-0.15, -0.1) is 0 Å². The summed E-state index contributed by atoms with van der Waals surface area (Å²) >= 11 is 0. The smallest absolute Gasteiger partial charge is 0.242 e.